The highest BCUT2D eigenvalue weighted by molar-refractivity contribution is 7.17. The molecule has 25 heavy (non-hydrogen) atoms. The minimum Gasteiger partial charge on any atom is -0.365 e. The summed E-state index contributed by atoms with van der Waals surface area (Å²) in [6.45, 7) is 0. The van der Waals surface area contributed by atoms with Crippen LogP contribution in [-0.2, 0) is 17.6 Å². The number of rotatable bonds is 4. The van der Waals surface area contributed by atoms with Gasteiger partial charge in [0.05, 0.1) is 5.56 Å². The zero-order chi connectivity index (χ0) is 18.0. The highest BCUT2D eigenvalue weighted by atomic mass is 35.5. The number of amides is 2. The van der Waals surface area contributed by atoms with Crippen molar-refractivity contribution in [3.63, 3.8) is 0 Å². The summed E-state index contributed by atoms with van der Waals surface area (Å²) in [4.78, 5) is 25.2. The van der Waals surface area contributed by atoms with Crippen molar-refractivity contribution in [1.29, 1.82) is 0 Å². The molecule has 1 aromatic heterocycles. The summed E-state index contributed by atoms with van der Waals surface area (Å²) in [6, 6.07) is 5.04. The lowest BCUT2D eigenvalue weighted by Gasteiger charge is -2.11. The van der Waals surface area contributed by atoms with Gasteiger partial charge >= 0.3 is 0 Å². The van der Waals surface area contributed by atoms with E-state index >= 15 is 0 Å². The van der Waals surface area contributed by atoms with E-state index in [1.54, 1.807) is 24.3 Å². The van der Waals surface area contributed by atoms with E-state index in [0.717, 1.165) is 36.1 Å². The topological polar surface area (TPSA) is 72.2 Å². The van der Waals surface area contributed by atoms with Crippen LogP contribution in [0.5, 0.6) is 0 Å². The van der Waals surface area contributed by atoms with Crippen LogP contribution in [0.3, 0.4) is 0 Å². The minimum absolute atomic E-state index is 0.341. The molecule has 1 heterocycles. The molecule has 1 aromatic carbocycles. The smallest absolute Gasteiger partial charge is 0.251 e. The number of carbonyl (C=O) groups excluding carboxylic acids is 2. The summed E-state index contributed by atoms with van der Waals surface area (Å²) in [6.07, 6.45) is 6.85. The normalized spacial score (nSPS) is 13.7. The number of halogens is 2. The van der Waals surface area contributed by atoms with E-state index in [1.807, 2.05) is 0 Å². The number of fused-ring (bicyclic) bond motifs is 1. The van der Waals surface area contributed by atoms with Gasteiger partial charge in [-0.15, -0.1) is 11.3 Å². The Morgan fingerprint density at radius 3 is 2.68 bits per heavy atom. The van der Waals surface area contributed by atoms with Crippen molar-refractivity contribution in [2.75, 3.05) is 5.32 Å². The van der Waals surface area contributed by atoms with Crippen molar-refractivity contribution in [2.45, 2.75) is 25.7 Å². The number of aryl methyl sites for hydroxylation is 1. The highest BCUT2D eigenvalue weighted by Crippen LogP contribution is 2.37. The van der Waals surface area contributed by atoms with Crippen LogP contribution >= 0.6 is 34.5 Å². The Morgan fingerprint density at radius 2 is 1.96 bits per heavy atom. The molecule has 1 aliphatic rings. The Labute approximate surface area is 159 Å². The molecule has 0 aliphatic heterocycles. The Balaban J connectivity index is 1.80. The third kappa shape index (κ3) is 4.06. The largest absolute Gasteiger partial charge is 0.365 e. The van der Waals surface area contributed by atoms with Crippen LogP contribution < -0.4 is 11.1 Å². The molecule has 2 amide bonds. The molecule has 0 radical (unpaired) electrons. The van der Waals surface area contributed by atoms with Crippen LogP contribution in [0.25, 0.3) is 6.08 Å². The zero-order valence-corrected chi connectivity index (χ0v) is 15.6. The maximum Gasteiger partial charge on any atom is 0.251 e. The van der Waals surface area contributed by atoms with Gasteiger partial charge in [-0.3, -0.25) is 9.59 Å². The lowest BCUT2D eigenvalue weighted by molar-refractivity contribution is -0.111. The Bertz CT molecular complexity index is 874. The van der Waals surface area contributed by atoms with Crippen LogP contribution in [-0.4, -0.2) is 11.8 Å². The zero-order valence-electron chi connectivity index (χ0n) is 13.3. The molecule has 3 rings (SSSR count). The fraction of sp³-hybridized carbons (Fsp3) is 0.222. The first-order valence-electron chi connectivity index (χ1n) is 7.84. The van der Waals surface area contributed by atoms with E-state index in [0.29, 0.717) is 26.2 Å². The minimum atomic E-state index is -0.501. The standard InChI is InChI=1S/C18H16Cl2N2O2S/c19-11-7-5-10(13(20)9-11)6-8-15(23)22-18-16(17(21)24)12-3-1-2-4-14(12)25-18/h5-9H,1-4H2,(H2,21,24)(H,22,23). The second kappa shape index (κ2) is 7.60. The van der Waals surface area contributed by atoms with Gasteiger partial charge in [-0.25, -0.2) is 0 Å². The molecule has 0 saturated carbocycles. The average molecular weight is 395 g/mol. The summed E-state index contributed by atoms with van der Waals surface area (Å²) < 4.78 is 0. The second-order valence-electron chi connectivity index (χ2n) is 5.77. The Kier molecular flexibility index (Phi) is 5.47. The first-order chi connectivity index (χ1) is 12.0. The van der Waals surface area contributed by atoms with Crippen LogP contribution in [0.4, 0.5) is 5.00 Å². The fourth-order valence-electron chi connectivity index (χ4n) is 2.87. The maximum absolute atomic E-state index is 12.2. The fourth-order valence-corrected chi connectivity index (χ4v) is 4.64. The van der Waals surface area contributed by atoms with Crippen molar-refractivity contribution in [2.24, 2.45) is 5.73 Å². The van der Waals surface area contributed by atoms with Gasteiger partial charge in [0.1, 0.15) is 5.00 Å². The van der Waals surface area contributed by atoms with Crippen molar-refractivity contribution < 1.29 is 9.59 Å². The molecule has 2 aromatic rings. The number of hydrogen-bond acceptors (Lipinski definition) is 3. The van der Waals surface area contributed by atoms with Gasteiger partial charge in [0.25, 0.3) is 5.91 Å². The summed E-state index contributed by atoms with van der Waals surface area (Å²) in [7, 11) is 0. The predicted octanol–water partition coefficient (Wildman–Crippen LogP) is 4.68. The van der Waals surface area contributed by atoms with Gasteiger partial charge in [-0.05, 0) is 55.0 Å². The van der Waals surface area contributed by atoms with Crippen molar-refractivity contribution in [3.8, 4) is 0 Å². The molecule has 3 N–H and O–H groups in total. The number of hydrogen-bond donors (Lipinski definition) is 2. The van der Waals surface area contributed by atoms with Crippen LogP contribution in [0.15, 0.2) is 24.3 Å². The quantitative estimate of drug-likeness (QED) is 0.738. The van der Waals surface area contributed by atoms with Gasteiger partial charge < -0.3 is 11.1 Å². The van der Waals surface area contributed by atoms with Gasteiger partial charge in [-0.2, -0.15) is 0 Å². The molecule has 7 heteroatoms. The Morgan fingerprint density at radius 1 is 1.20 bits per heavy atom. The van der Waals surface area contributed by atoms with E-state index < -0.39 is 5.91 Å². The number of primary amides is 1. The molecule has 0 fully saturated rings. The maximum atomic E-state index is 12.2. The molecule has 0 bridgehead atoms. The first-order valence-corrected chi connectivity index (χ1v) is 9.41. The Hall–Kier alpha value is -1.82. The molecule has 0 atom stereocenters. The summed E-state index contributed by atoms with van der Waals surface area (Å²) in [5.41, 5.74) is 7.65. The van der Waals surface area contributed by atoms with Crippen molar-refractivity contribution in [1.82, 2.24) is 0 Å². The molecule has 130 valence electrons. The third-order valence-electron chi connectivity index (χ3n) is 4.03. The lowest BCUT2D eigenvalue weighted by atomic mass is 9.95. The summed E-state index contributed by atoms with van der Waals surface area (Å²) in [5, 5.41) is 4.29. The number of nitrogens with one attached hydrogen (secondary N) is 1. The van der Waals surface area contributed by atoms with Gasteiger partial charge in [0, 0.05) is 21.0 Å². The predicted molar refractivity (Wildman–Crippen MR) is 104 cm³/mol. The average Bonchev–Trinajstić information content (AvgIpc) is 2.91. The van der Waals surface area contributed by atoms with E-state index in [9.17, 15) is 9.59 Å². The van der Waals surface area contributed by atoms with Crippen LogP contribution in [0.1, 0.15) is 39.2 Å². The summed E-state index contributed by atoms with van der Waals surface area (Å²) in [5.74, 6) is -0.841. The van der Waals surface area contributed by atoms with E-state index in [2.05, 4.69) is 5.32 Å². The monoisotopic (exact) mass is 394 g/mol. The highest BCUT2D eigenvalue weighted by Gasteiger charge is 2.24. The van der Waals surface area contributed by atoms with Gasteiger partial charge in [-0.1, -0.05) is 29.3 Å². The molecule has 0 spiro atoms. The van der Waals surface area contributed by atoms with E-state index in [4.69, 9.17) is 28.9 Å². The summed E-state index contributed by atoms with van der Waals surface area (Å²) >= 11 is 13.4. The SMILES string of the molecule is NC(=O)c1c(NC(=O)C=Cc2ccc(Cl)cc2Cl)sc2c1CCCC2. The number of anilines is 1. The van der Waals surface area contributed by atoms with Crippen molar-refractivity contribution in [3.05, 3.63) is 55.9 Å². The third-order valence-corrected chi connectivity index (χ3v) is 5.80. The lowest BCUT2D eigenvalue weighted by Crippen LogP contribution is -2.17. The van der Waals surface area contributed by atoms with Crippen LogP contribution in [0, 0.1) is 0 Å². The number of benzene rings is 1. The molecular formula is C18H16Cl2N2O2S. The first kappa shape index (κ1) is 18.0. The molecule has 1 aliphatic carbocycles. The van der Waals surface area contributed by atoms with Crippen LogP contribution in [0.2, 0.25) is 10.0 Å². The number of nitrogens with two attached hydrogens (primary N) is 1. The van der Waals surface area contributed by atoms with E-state index in [-0.39, 0.29) is 5.91 Å². The molecule has 0 saturated heterocycles. The van der Waals surface area contributed by atoms with Crippen molar-refractivity contribution >= 4 is 57.4 Å². The van der Waals surface area contributed by atoms with Gasteiger partial charge in [0.2, 0.25) is 5.91 Å². The number of carbonyl (C=O) groups is 2. The number of thiophene rings is 1. The second-order valence-corrected chi connectivity index (χ2v) is 7.72. The van der Waals surface area contributed by atoms with E-state index in [1.165, 1.54) is 17.4 Å². The molecule has 0 unspecified atom stereocenters. The van der Waals surface area contributed by atoms with Gasteiger partial charge in [0.15, 0.2) is 0 Å². The molecular weight excluding hydrogens is 379 g/mol. The molecule has 4 nitrogen and oxygen atoms in total.